The number of nitrogens with zero attached hydrogens (tertiary/aromatic N) is 1. The molecule has 0 aliphatic carbocycles. The summed E-state index contributed by atoms with van der Waals surface area (Å²) in [5.41, 5.74) is -1.25. The number of piperidine rings is 1. The molecular weight excluding hydrogens is 286 g/mol. The average Bonchev–Trinajstić information content (AvgIpc) is 2.46. The van der Waals surface area contributed by atoms with Gasteiger partial charge >= 0.3 is 12.1 Å². The van der Waals surface area contributed by atoms with Gasteiger partial charge in [0.2, 0.25) is 0 Å². The molecule has 0 atom stereocenters. The Morgan fingerprint density at radius 3 is 2.18 bits per heavy atom. The summed E-state index contributed by atoms with van der Waals surface area (Å²) in [6, 6.07) is 0. The van der Waals surface area contributed by atoms with E-state index >= 15 is 0 Å². The van der Waals surface area contributed by atoms with E-state index in [0.29, 0.717) is 39.1 Å². The zero-order valence-corrected chi connectivity index (χ0v) is 13.8. The lowest BCUT2D eigenvalue weighted by Gasteiger charge is -2.44. The van der Waals surface area contributed by atoms with Crippen LogP contribution in [-0.4, -0.2) is 54.0 Å². The molecule has 0 saturated carbocycles. The maximum Gasteiger partial charge on any atom is 0.410 e. The second-order valence-electron chi connectivity index (χ2n) is 7.32. The molecule has 22 heavy (non-hydrogen) atoms. The van der Waals surface area contributed by atoms with Crippen LogP contribution in [0.2, 0.25) is 0 Å². The second kappa shape index (κ2) is 6.44. The molecule has 0 aromatic heterocycles. The normalized spacial score (nSPS) is 23.1. The van der Waals surface area contributed by atoms with Gasteiger partial charge < -0.3 is 19.5 Å². The first-order valence-corrected chi connectivity index (χ1v) is 8.04. The third kappa shape index (κ3) is 3.72. The van der Waals surface area contributed by atoms with E-state index in [-0.39, 0.29) is 12.0 Å². The summed E-state index contributed by atoms with van der Waals surface area (Å²) < 4.78 is 10.7. The van der Waals surface area contributed by atoms with Gasteiger partial charge in [-0.25, -0.2) is 4.79 Å². The van der Waals surface area contributed by atoms with Gasteiger partial charge in [0, 0.05) is 26.3 Å². The highest BCUT2D eigenvalue weighted by Crippen LogP contribution is 2.44. The molecule has 0 aromatic rings. The fourth-order valence-corrected chi connectivity index (χ4v) is 3.46. The summed E-state index contributed by atoms with van der Waals surface area (Å²) >= 11 is 0. The Morgan fingerprint density at radius 2 is 1.73 bits per heavy atom. The fraction of sp³-hybridized carbons (Fsp3) is 0.875. The van der Waals surface area contributed by atoms with Crippen molar-refractivity contribution < 1.29 is 24.2 Å². The maximum atomic E-state index is 12.1. The summed E-state index contributed by atoms with van der Waals surface area (Å²) in [7, 11) is 0. The van der Waals surface area contributed by atoms with Crippen molar-refractivity contribution in [3.63, 3.8) is 0 Å². The summed E-state index contributed by atoms with van der Waals surface area (Å²) in [5.74, 6) is -0.595. The number of carbonyl (C=O) groups excluding carboxylic acids is 1. The van der Waals surface area contributed by atoms with E-state index in [2.05, 4.69) is 0 Å². The van der Waals surface area contributed by atoms with Crippen molar-refractivity contribution >= 4 is 12.1 Å². The number of carboxylic acids is 1. The van der Waals surface area contributed by atoms with Crippen LogP contribution < -0.4 is 0 Å². The predicted molar refractivity (Wildman–Crippen MR) is 80.7 cm³/mol. The van der Waals surface area contributed by atoms with Crippen LogP contribution in [0.15, 0.2) is 0 Å². The minimum Gasteiger partial charge on any atom is -0.481 e. The number of aliphatic carboxylic acids is 1. The van der Waals surface area contributed by atoms with Gasteiger partial charge in [0.25, 0.3) is 0 Å². The molecule has 6 nitrogen and oxygen atoms in total. The molecule has 0 bridgehead atoms. The monoisotopic (exact) mass is 313 g/mol. The van der Waals surface area contributed by atoms with Gasteiger partial charge in [0.1, 0.15) is 5.60 Å². The van der Waals surface area contributed by atoms with E-state index in [0.717, 1.165) is 12.8 Å². The van der Waals surface area contributed by atoms with Crippen molar-refractivity contribution in [2.24, 2.45) is 11.3 Å². The molecule has 2 heterocycles. The lowest BCUT2D eigenvalue weighted by atomic mass is 9.66. The summed E-state index contributed by atoms with van der Waals surface area (Å²) in [5, 5.41) is 9.78. The Bertz CT molecular complexity index is 415. The van der Waals surface area contributed by atoms with Crippen LogP contribution in [0.4, 0.5) is 4.79 Å². The first-order valence-electron chi connectivity index (χ1n) is 8.04. The van der Waals surface area contributed by atoms with E-state index in [1.165, 1.54) is 0 Å². The molecule has 2 saturated heterocycles. The molecule has 1 N–H and O–H groups in total. The molecule has 6 heteroatoms. The van der Waals surface area contributed by atoms with Gasteiger partial charge in [-0.3, -0.25) is 4.79 Å². The highest BCUT2D eigenvalue weighted by atomic mass is 16.6. The SMILES string of the molecule is CC(C)(C)OC(=O)N1CCC(C(=O)O)(C2CCOCC2)CC1. The van der Waals surface area contributed by atoms with Crippen molar-refractivity contribution in [1.82, 2.24) is 4.90 Å². The zero-order chi connectivity index (χ0) is 16.4. The molecule has 2 fully saturated rings. The number of amides is 1. The molecule has 0 spiro atoms. The van der Waals surface area contributed by atoms with Gasteiger partial charge in [0.05, 0.1) is 5.41 Å². The molecule has 2 aliphatic rings. The number of carbonyl (C=O) groups is 2. The topological polar surface area (TPSA) is 76.1 Å². The minimum atomic E-state index is -0.733. The number of ether oxygens (including phenoxy) is 2. The molecule has 0 unspecified atom stereocenters. The van der Waals surface area contributed by atoms with Crippen molar-refractivity contribution in [1.29, 1.82) is 0 Å². The molecule has 2 aliphatic heterocycles. The van der Waals surface area contributed by atoms with Gasteiger partial charge in [-0.2, -0.15) is 0 Å². The molecular formula is C16H27NO5. The van der Waals surface area contributed by atoms with Crippen molar-refractivity contribution in [2.45, 2.75) is 52.1 Å². The largest absolute Gasteiger partial charge is 0.481 e. The van der Waals surface area contributed by atoms with E-state index in [9.17, 15) is 14.7 Å². The lowest BCUT2D eigenvalue weighted by Crippen LogP contribution is -2.51. The second-order valence-corrected chi connectivity index (χ2v) is 7.32. The van der Waals surface area contributed by atoms with Gasteiger partial charge in [0.15, 0.2) is 0 Å². The summed E-state index contributed by atoms with van der Waals surface area (Å²) in [4.78, 5) is 25.6. The third-order valence-electron chi connectivity index (χ3n) is 4.74. The zero-order valence-electron chi connectivity index (χ0n) is 13.8. The quantitative estimate of drug-likeness (QED) is 0.847. The van der Waals surface area contributed by atoms with Crippen molar-refractivity contribution in [3.8, 4) is 0 Å². The van der Waals surface area contributed by atoms with Crippen LogP contribution in [0.5, 0.6) is 0 Å². The number of hydrogen-bond donors (Lipinski definition) is 1. The standard InChI is InChI=1S/C16H27NO5/c1-15(2,3)22-14(20)17-8-6-16(7-9-17,13(18)19)12-4-10-21-11-5-12/h12H,4-11H2,1-3H3,(H,18,19). The van der Waals surface area contributed by atoms with Gasteiger partial charge in [-0.1, -0.05) is 0 Å². The van der Waals surface area contributed by atoms with Crippen LogP contribution in [0.25, 0.3) is 0 Å². The molecule has 0 aromatic carbocycles. The highest BCUT2D eigenvalue weighted by molar-refractivity contribution is 5.76. The van der Waals surface area contributed by atoms with Gasteiger partial charge in [-0.05, 0) is 52.4 Å². The van der Waals surface area contributed by atoms with Crippen molar-refractivity contribution in [3.05, 3.63) is 0 Å². The molecule has 0 radical (unpaired) electrons. The first kappa shape index (κ1) is 17.1. The van der Waals surface area contributed by atoms with Crippen LogP contribution in [0.1, 0.15) is 46.5 Å². The number of carboxylic acid groups (broad SMARTS) is 1. The number of rotatable bonds is 2. The third-order valence-corrected chi connectivity index (χ3v) is 4.74. The first-order chi connectivity index (χ1) is 10.2. The van der Waals surface area contributed by atoms with E-state index < -0.39 is 17.0 Å². The lowest BCUT2D eigenvalue weighted by molar-refractivity contribution is -0.159. The fourth-order valence-electron chi connectivity index (χ4n) is 3.46. The van der Waals surface area contributed by atoms with E-state index in [1.54, 1.807) is 4.90 Å². The highest BCUT2D eigenvalue weighted by Gasteiger charge is 2.48. The summed E-state index contributed by atoms with van der Waals surface area (Å²) in [6.45, 7) is 7.65. The Morgan fingerprint density at radius 1 is 1.18 bits per heavy atom. The molecule has 1 amide bonds. The Labute approximate surface area is 131 Å². The van der Waals surface area contributed by atoms with Crippen molar-refractivity contribution in [2.75, 3.05) is 26.3 Å². The summed E-state index contributed by atoms with van der Waals surface area (Å²) in [6.07, 6.45) is 2.22. The average molecular weight is 313 g/mol. The van der Waals surface area contributed by atoms with Crippen LogP contribution in [-0.2, 0) is 14.3 Å². The molecule has 2 rings (SSSR count). The van der Waals surface area contributed by atoms with Gasteiger partial charge in [-0.15, -0.1) is 0 Å². The Balaban J connectivity index is 2.01. The smallest absolute Gasteiger partial charge is 0.410 e. The van der Waals surface area contributed by atoms with E-state index in [4.69, 9.17) is 9.47 Å². The van der Waals surface area contributed by atoms with Crippen LogP contribution >= 0.6 is 0 Å². The maximum absolute atomic E-state index is 12.1. The Hall–Kier alpha value is -1.30. The van der Waals surface area contributed by atoms with Crippen LogP contribution in [0, 0.1) is 11.3 Å². The van der Waals surface area contributed by atoms with E-state index in [1.807, 2.05) is 20.8 Å². The minimum absolute atomic E-state index is 0.138. The number of likely N-dealkylation sites (tertiary alicyclic amines) is 1. The number of hydrogen-bond acceptors (Lipinski definition) is 4. The predicted octanol–water partition coefficient (Wildman–Crippen LogP) is 2.51. The Kier molecular flexibility index (Phi) is 5.00. The molecule has 126 valence electrons. The van der Waals surface area contributed by atoms with Crippen LogP contribution in [0.3, 0.4) is 0 Å².